The Labute approximate surface area is 137 Å². The molecule has 0 spiro atoms. The van der Waals surface area contributed by atoms with Crippen LogP contribution in [0, 0.1) is 5.82 Å². The molecule has 1 atom stereocenters. The maximum atomic E-state index is 13.0. The van der Waals surface area contributed by atoms with Gasteiger partial charge in [-0.2, -0.15) is 0 Å². The van der Waals surface area contributed by atoms with Gasteiger partial charge in [-0.3, -0.25) is 14.5 Å². The number of benzene rings is 2. The number of nitrogens with zero attached hydrogens (tertiary/aromatic N) is 1. The molecule has 1 aliphatic heterocycles. The van der Waals surface area contributed by atoms with E-state index in [1.165, 1.54) is 43.3 Å². The van der Waals surface area contributed by atoms with E-state index >= 15 is 0 Å². The first-order valence-electron chi connectivity index (χ1n) is 7.30. The number of carboxylic acid groups (broad SMARTS) is 1. The van der Waals surface area contributed by atoms with Crippen molar-refractivity contribution < 1.29 is 23.9 Å². The van der Waals surface area contributed by atoms with E-state index in [2.05, 4.69) is 0 Å². The molecule has 2 amide bonds. The molecule has 2 aromatic rings. The fraction of sp³-hybridized carbons (Fsp3) is 0.167. The first kappa shape index (κ1) is 15.9. The van der Waals surface area contributed by atoms with Crippen molar-refractivity contribution in [3.05, 3.63) is 71.0 Å². The van der Waals surface area contributed by atoms with Crippen molar-refractivity contribution in [2.24, 2.45) is 0 Å². The lowest BCUT2D eigenvalue weighted by Gasteiger charge is -2.33. The Morgan fingerprint density at radius 1 is 1.04 bits per heavy atom. The lowest BCUT2D eigenvalue weighted by molar-refractivity contribution is -0.147. The molecule has 6 heteroatoms. The minimum Gasteiger partial charge on any atom is -0.479 e. The first-order valence-corrected chi connectivity index (χ1v) is 7.30. The number of carbonyl (C=O) groups excluding carboxylic acids is 2. The highest BCUT2D eigenvalue weighted by atomic mass is 19.1. The molecular formula is C18H14FNO4. The van der Waals surface area contributed by atoms with Crippen molar-refractivity contribution in [3.63, 3.8) is 0 Å². The summed E-state index contributed by atoms with van der Waals surface area (Å²) in [5, 5.41) is 9.70. The van der Waals surface area contributed by atoms with Gasteiger partial charge >= 0.3 is 5.97 Å². The quantitative estimate of drug-likeness (QED) is 0.876. The third kappa shape index (κ3) is 2.36. The van der Waals surface area contributed by atoms with E-state index in [1.807, 2.05) is 0 Å². The largest absolute Gasteiger partial charge is 0.479 e. The Balaban J connectivity index is 2.03. The summed E-state index contributed by atoms with van der Waals surface area (Å²) in [5.41, 5.74) is -0.883. The van der Waals surface area contributed by atoms with Gasteiger partial charge in [0, 0.05) is 6.42 Å². The first-order chi connectivity index (χ1) is 11.3. The molecule has 0 radical (unpaired) electrons. The molecule has 24 heavy (non-hydrogen) atoms. The van der Waals surface area contributed by atoms with Crippen LogP contribution in [0.25, 0.3) is 0 Å². The van der Waals surface area contributed by atoms with Gasteiger partial charge in [0.1, 0.15) is 11.4 Å². The summed E-state index contributed by atoms with van der Waals surface area (Å²) in [4.78, 5) is 37.9. The fourth-order valence-corrected chi connectivity index (χ4v) is 2.89. The number of carbonyl (C=O) groups is 3. The van der Waals surface area contributed by atoms with Crippen molar-refractivity contribution >= 4 is 17.8 Å². The van der Waals surface area contributed by atoms with E-state index in [4.69, 9.17) is 0 Å². The molecule has 0 saturated carbocycles. The summed E-state index contributed by atoms with van der Waals surface area (Å²) in [6.45, 7) is 1.32. The standard InChI is InChI=1S/C18H14FNO4/c1-18(17(23)24,10-11-6-8-12(19)9-7-11)20-15(21)13-4-2-3-5-14(13)16(20)22/h2-9H,10H2,1H3,(H,23,24)/t18-/m0/s1. The third-order valence-corrected chi connectivity index (χ3v) is 4.21. The molecule has 1 N–H and O–H groups in total. The zero-order valence-electron chi connectivity index (χ0n) is 12.8. The van der Waals surface area contributed by atoms with Gasteiger partial charge in [0.05, 0.1) is 11.1 Å². The Hall–Kier alpha value is -3.02. The summed E-state index contributed by atoms with van der Waals surface area (Å²) >= 11 is 0. The highest BCUT2D eigenvalue weighted by Gasteiger charge is 2.50. The van der Waals surface area contributed by atoms with E-state index in [9.17, 15) is 23.9 Å². The molecule has 1 heterocycles. The van der Waals surface area contributed by atoms with Crippen molar-refractivity contribution in [2.75, 3.05) is 0 Å². The highest BCUT2D eigenvalue weighted by Crippen LogP contribution is 2.32. The number of halogens is 1. The predicted octanol–water partition coefficient (Wildman–Crippen LogP) is 2.51. The van der Waals surface area contributed by atoms with Crippen LogP contribution in [0.4, 0.5) is 4.39 Å². The number of hydrogen-bond acceptors (Lipinski definition) is 3. The number of amides is 2. The molecule has 0 saturated heterocycles. The van der Waals surface area contributed by atoms with Crippen molar-refractivity contribution in [1.82, 2.24) is 4.90 Å². The lowest BCUT2D eigenvalue weighted by Crippen LogP contribution is -2.56. The van der Waals surface area contributed by atoms with Crippen LogP contribution in [0.5, 0.6) is 0 Å². The SMILES string of the molecule is C[C@](Cc1ccc(F)cc1)(C(=O)O)N1C(=O)c2ccccc2C1=O. The van der Waals surface area contributed by atoms with Gasteiger partial charge in [0.2, 0.25) is 0 Å². The lowest BCUT2D eigenvalue weighted by atomic mass is 9.90. The molecule has 0 aliphatic carbocycles. The number of fused-ring (bicyclic) bond motifs is 1. The van der Waals surface area contributed by atoms with E-state index in [0.717, 1.165) is 4.90 Å². The van der Waals surface area contributed by atoms with Crippen LogP contribution in [0.3, 0.4) is 0 Å². The molecule has 5 nitrogen and oxygen atoms in total. The van der Waals surface area contributed by atoms with Gasteiger partial charge < -0.3 is 5.11 Å². The van der Waals surface area contributed by atoms with Gasteiger partial charge in [0.25, 0.3) is 11.8 Å². The van der Waals surface area contributed by atoms with Crippen LogP contribution in [0.1, 0.15) is 33.2 Å². The Bertz CT molecular complexity index is 811. The number of hydrogen-bond donors (Lipinski definition) is 1. The summed E-state index contributed by atoms with van der Waals surface area (Å²) in [7, 11) is 0. The highest BCUT2D eigenvalue weighted by molar-refractivity contribution is 6.23. The monoisotopic (exact) mass is 327 g/mol. The molecule has 3 rings (SSSR count). The zero-order valence-corrected chi connectivity index (χ0v) is 12.8. The summed E-state index contributed by atoms with van der Waals surface area (Å²) < 4.78 is 13.0. The van der Waals surface area contributed by atoms with Crippen LogP contribution in [-0.2, 0) is 11.2 Å². The third-order valence-electron chi connectivity index (χ3n) is 4.21. The molecular weight excluding hydrogens is 313 g/mol. The molecule has 0 bridgehead atoms. The maximum Gasteiger partial charge on any atom is 0.330 e. The smallest absolute Gasteiger partial charge is 0.330 e. The minimum absolute atomic E-state index is 0.117. The van der Waals surface area contributed by atoms with E-state index in [0.29, 0.717) is 5.56 Å². The second-order valence-corrected chi connectivity index (χ2v) is 5.87. The second kappa shape index (κ2) is 5.56. The zero-order chi connectivity index (χ0) is 17.5. The Kier molecular flexibility index (Phi) is 3.67. The van der Waals surface area contributed by atoms with Crippen LogP contribution in [0.15, 0.2) is 48.5 Å². The number of imide groups is 1. The molecule has 122 valence electrons. The minimum atomic E-state index is -1.77. The van der Waals surface area contributed by atoms with E-state index in [-0.39, 0.29) is 17.5 Å². The molecule has 0 fully saturated rings. The molecule has 0 aromatic heterocycles. The molecule has 2 aromatic carbocycles. The molecule has 0 unspecified atom stereocenters. The Morgan fingerprint density at radius 3 is 2.00 bits per heavy atom. The van der Waals surface area contributed by atoms with Crippen LogP contribution < -0.4 is 0 Å². The van der Waals surface area contributed by atoms with Gasteiger partial charge in [-0.15, -0.1) is 0 Å². The maximum absolute atomic E-state index is 13.0. The van der Waals surface area contributed by atoms with Crippen molar-refractivity contribution in [1.29, 1.82) is 0 Å². The average Bonchev–Trinajstić information content (AvgIpc) is 2.82. The van der Waals surface area contributed by atoms with Crippen LogP contribution >= 0.6 is 0 Å². The summed E-state index contributed by atoms with van der Waals surface area (Å²) in [6, 6.07) is 11.5. The Morgan fingerprint density at radius 2 is 1.54 bits per heavy atom. The van der Waals surface area contributed by atoms with Gasteiger partial charge in [-0.1, -0.05) is 24.3 Å². The van der Waals surface area contributed by atoms with Gasteiger partial charge in [0.15, 0.2) is 0 Å². The second-order valence-electron chi connectivity index (χ2n) is 5.87. The topological polar surface area (TPSA) is 74.7 Å². The predicted molar refractivity (Wildman–Crippen MR) is 83.1 cm³/mol. The number of aliphatic carboxylic acids is 1. The van der Waals surface area contributed by atoms with E-state index in [1.54, 1.807) is 12.1 Å². The van der Waals surface area contributed by atoms with Crippen molar-refractivity contribution in [2.45, 2.75) is 18.9 Å². The summed E-state index contributed by atoms with van der Waals surface area (Å²) in [5.74, 6) is -3.02. The summed E-state index contributed by atoms with van der Waals surface area (Å²) in [6.07, 6.45) is -0.117. The fourth-order valence-electron chi connectivity index (χ4n) is 2.89. The normalized spacial score (nSPS) is 16.0. The van der Waals surface area contributed by atoms with Crippen LogP contribution in [0.2, 0.25) is 0 Å². The molecule has 1 aliphatic rings. The average molecular weight is 327 g/mol. The number of carboxylic acids is 1. The van der Waals surface area contributed by atoms with E-state index < -0.39 is 29.1 Å². The van der Waals surface area contributed by atoms with Crippen molar-refractivity contribution in [3.8, 4) is 0 Å². The van der Waals surface area contributed by atoms with Gasteiger partial charge in [-0.05, 0) is 36.8 Å². The number of rotatable bonds is 4. The van der Waals surface area contributed by atoms with Crippen LogP contribution in [-0.4, -0.2) is 33.3 Å². The van der Waals surface area contributed by atoms with Gasteiger partial charge in [-0.25, -0.2) is 9.18 Å².